The van der Waals surface area contributed by atoms with Gasteiger partial charge in [-0.1, -0.05) is 6.92 Å². The predicted molar refractivity (Wildman–Crippen MR) is 58.7 cm³/mol. The van der Waals surface area contributed by atoms with E-state index in [1.54, 1.807) is 6.92 Å². The topological polar surface area (TPSA) is 52.6 Å². The molecule has 0 heterocycles. The lowest BCUT2D eigenvalue weighted by atomic mass is 9.82. The highest BCUT2D eigenvalue weighted by molar-refractivity contribution is 5.72. The fourth-order valence-corrected chi connectivity index (χ4v) is 2.04. The van der Waals surface area contributed by atoms with Crippen molar-refractivity contribution in [2.45, 2.75) is 39.0 Å². The summed E-state index contributed by atoms with van der Waals surface area (Å²) in [7, 11) is 1.43. The molecule has 0 aliphatic heterocycles. The van der Waals surface area contributed by atoms with Crippen molar-refractivity contribution in [1.82, 2.24) is 0 Å². The summed E-state index contributed by atoms with van der Waals surface area (Å²) in [6.45, 7) is 2.29. The third kappa shape index (κ3) is 3.83. The zero-order valence-corrected chi connectivity index (χ0v) is 10.0. The second-order valence-corrected chi connectivity index (χ2v) is 4.28. The molecule has 0 bridgehead atoms. The minimum atomic E-state index is -0.143. The van der Waals surface area contributed by atoms with Crippen molar-refractivity contribution < 1.29 is 19.1 Å². The van der Waals surface area contributed by atoms with Crippen molar-refractivity contribution in [2.24, 2.45) is 11.8 Å². The molecule has 0 radical (unpaired) electrons. The number of esters is 2. The van der Waals surface area contributed by atoms with Crippen molar-refractivity contribution in [3.05, 3.63) is 0 Å². The zero-order chi connectivity index (χ0) is 12.0. The lowest BCUT2D eigenvalue weighted by Gasteiger charge is -2.26. The molecular weight excluding hydrogens is 208 g/mol. The summed E-state index contributed by atoms with van der Waals surface area (Å²) in [5.41, 5.74) is 0. The maximum absolute atomic E-state index is 11.3. The molecule has 1 aliphatic rings. The molecule has 1 aliphatic carbocycles. The van der Waals surface area contributed by atoms with Gasteiger partial charge in [-0.25, -0.2) is 0 Å². The summed E-state index contributed by atoms with van der Waals surface area (Å²) in [5.74, 6) is 0.207. The van der Waals surface area contributed by atoms with Gasteiger partial charge in [0.15, 0.2) is 0 Å². The number of ether oxygens (including phenoxy) is 2. The average Bonchev–Trinajstić information content (AvgIpc) is 2.35. The highest BCUT2D eigenvalue weighted by atomic mass is 16.5. The Morgan fingerprint density at radius 3 is 2.31 bits per heavy atom. The fraction of sp³-hybridized carbons (Fsp3) is 0.833. The van der Waals surface area contributed by atoms with Gasteiger partial charge in [-0.15, -0.1) is 0 Å². The molecule has 0 aromatic heterocycles. The van der Waals surface area contributed by atoms with Gasteiger partial charge in [0.25, 0.3) is 0 Å². The van der Waals surface area contributed by atoms with E-state index in [4.69, 9.17) is 9.47 Å². The summed E-state index contributed by atoms with van der Waals surface area (Å²) in [5, 5.41) is 0. The van der Waals surface area contributed by atoms with Crippen LogP contribution in [0.4, 0.5) is 0 Å². The standard InChI is InChI=1S/C12H20O4/c1-3-11(13)16-8-9-4-6-10(7-5-9)12(14)15-2/h9-10H,3-8H2,1-2H3. The third-order valence-corrected chi connectivity index (χ3v) is 3.15. The number of carbonyl (C=O) groups excluding carboxylic acids is 2. The van der Waals surface area contributed by atoms with Crippen molar-refractivity contribution >= 4 is 11.9 Å². The Hall–Kier alpha value is -1.06. The maximum atomic E-state index is 11.3. The number of hydrogen-bond donors (Lipinski definition) is 0. The van der Waals surface area contributed by atoms with Crippen molar-refractivity contribution in [2.75, 3.05) is 13.7 Å². The quantitative estimate of drug-likeness (QED) is 0.690. The predicted octanol–water partition coefficient (Wildman–Crippen LogP) is 1.92. The molecule has 1 saturated carbocycles. The van der Waals surface area contributed by atoms with Crippen LogP contribution < -0.4 is 0 Å². The molecule has 0 atom stereocenters. The van der Waals surface area contributed by atoms with Crippen LogP contribution in [0.2, 0.25) is 0 Å². The maximum Gasteiger partial charge on any atom is 0.308 e. The molecule has 1 rings (SSSR count). The minimum Gasteiger partial charge on any atom is -0.469 e. The van der Waals surface area contributed by atoms with Crippen LogP contribution in [0.3, 0.4) is 0 Å². The molecule has 0 amide bonds. The van der Waals surface area contributed by atoms with Gasteiger partial charge in [0.05, 0.1) is 19.6 Å². The van der Waals surface area contributed by atoms with Crippen LogP contribution in [-0.2, 0) is 19.1 Å². The molecule has 0 spiro atoms. The molecule has 1 fully saturated rings. The Morgan fingerprint density at radius 2 is 1.81 bits per heavy atom. The van der Waals surface area contributed by atoms with Gasteiger partial charge in [0.1, 0.15) is 0 Å². The van der Waals surface area contributed by atoms with Crippen molar-refractivity contribution in [1.29, 1.82) is 0 Å². The molecule has 0 aromatic rings. The Balaban J connectivity index is 2.22. The van der Waals surface area contributed by atoms with E-state index in [-0.39, 0.29) is 17.9 Å². The van der Waals surface area contributed by atoms with E-state index in [2.05, 4.69) is 0 Å². The van der Waals surface area contributed by atoms with Gasteiger partial charge in [-0.3, -0.25) is 9.59 Å². The summed E-state index contributed by atoms with van der Waals surface area (Å²) in [6, 6.07) is 0. The number of rotatable bonds is 4. The van der Waals surface area contributed by atoms with E-state index in [1.165, 1.54) is 7.11 Å². The largest absolute Gasteiger partial charge is 0.469 e. The Morgan fingerprint density at radius 1 is 1.19 bits per heavy atom. The third-order valence-electron chi connectivity index (χ3n) is 3.15. The van der Waals surface area contributed by atoms with Gasteiger partial charge >= 0.3 is 11.9 Å². The van der Waals surface area contributed by atoms with Crippen LogP contribution in [0.1, 0.15) is 39.0 Å². The first kappa shape index (κ1) is 13.0. The number of methoxy groups -OCH3 is 1. The summed E-state index contributed by atoms with van der Waals surface area (Å²) >= 11 is 0. The molecule has 4 nitrogen and oxygen atoms in total. The van der Waals surface area contributed by atoms with Gasteiger partial charge in [0.2, 0.25) is 0 Å². The van der Waals surface area contributed by atoms with Crippen molar-refractivity contribution in [3.63, 3.8) is 0 Å². The molecule has 92 valence electrons. The van der Waals surface area contributed by atoms with Gasteiger partial charge in [0, 0.05) is 6.42 Å². The Bertz CT molecular complexity index is 241. The highest BCUT2D eigenvalue weighted by Gasteiger charge is 2.27. The van der Waals surface area contributed by atoms with E-state index in [0.717, 1.165) is 25.7 Å². The monoisotopic (exact) mass is 228 g/mol. The Labute approximate surface area is 96.3 Å². The first-order valence-electron chi connectivity index (χ1n) is 5.90. The van der Waals surface area contributed by atoms with Crippen LogP contribution >= 0.6 is 0 Å². The van der Waals surface area contributed by atoms with Crippen LogP contribution in [0.5, 0.6) is 0 Å². The number of carbonyl (C=O) groups is 2. The molecule has 0 aromatic carbocycles. The fourth-order valence-electron chi connectivity index (χ4n) is 2.04. The van der Waals surface area contributed by atoms with E-state index < -0.39 is 0 Å². The van der Waals surface area contributed by atoms with E-state index in [1.807, 2.05) is 0 Å². The average molecular weight is 228 g/mol. The molecule has 0 unspecified atom stereocenters. The van der Waals surface area contributed by atoms with Crippen LogP contribution in [0.25, 0.3) is 0 Å². The smallest absolute Gasteiger partial charge is 0.308 e. The minimum absolute atomic E-state index is 0.0446. The first-order valence-corrected chi connectivity index (χ1v) is 5.90. The van der Waals surface area contributed by atoms with Gasteiger partial charge < -0.3 is 9.47 Å². The van der Waals surface area contributed by atoms with Gasteiger partial charge in [-0.2, -0.15) is 0 Å². The lowest BCUT2D eigenvalue weighted by Crippen LogP contribution is -2.25. The second-order valence-electron chi connectivity index (χ2n) is 4.28. The molecule has 0 N–H and O–H groups in total. The van der Waals surface area contributed by atoms with E-state index >= 15 is 0 Å². The first-order chi connectivity index (χ1) is 7.67. The Kier molecular flexibility index (Phi) is 5.29. The van der Waals surface area contributed by atoms with E-state index in [0.29, 0.717) is 18.9 Å². The van der Waals surface area contributed by atoms with Crippen LogP contribution in [-0.4, -0.2) is 25.7 Å². The highest BCUT2D eigenvalue weighted by Crippen LogP contribution is 2.29. The van der Waals surface area contributed by atoms with Crippen LogP contribution in [0.15, 0.2) is 0 Å². The summed E-state index contributed by atoms with van der Waals surface area (Å²) < 4.78 is 9.81. The molecular formula is C12H20O4. The zero-order valence-electron chi connectivity index (χ0n) is 10.0. The molecule has 16 heavy (non-hydrogen) atoms. The SMILES string of the molecule is CCC(=O)OCC1CCC(C(=O)OC)CC1. The summed E-state index contributed by atoms with van der Waals surface area (Å²) in [4.78, 5) is 22.3. The molecule has 4 heteroatoms. The van der Waals surface area contributed by atoms with Gasteiger partial charge in [-0.05, 0) is 31.6 Å². The number of hydrogen-bond acceptors (Lipinski definition) is 4. The van der Waals surface area contributed by atoms with E-state index in [9.17, 15) is 9.59 Å². The normalized spacial score (nSPS) is 24.9. The van der Waals surface area contributed by atoms with Crippen LogP contribution in [0, 0.1) is 11.8 Å². The molecule has 0 saturated heterocycles. The summed E-state index contributed by atoms with van der Waals surface area (Å²) in [6.07, 6.45) is 4.01. The van der Waals surface area contributed by atoms with Crippen molar-refractivity contribution in [3.8, 4) is 0 Å². The lowest BCUT2D eigenvalue weighted by molar-refractivity contribution is -0.149. The second kappa shape index (κ2) is 6.51.